The van der Waals surface area contributed by atoms with Crippen molar-refractivity contribution in [3.05, 3.63) is 59.7 Å². The smallest absolute Gasteiger partial charge is 0.246 e. The van der Waals surface area contributed by atoms with E-state index < -0.39 is 10.0 Å². The predicted molar refractivity (Wildman–Crippen MR) is 119 cm³/mol. The molecule has 0 saturated carbocycles. The van der Waals surface area contributed by atoms with E-state index in [-0.39, 0.29) is 10.8 Å². The molecule has 1 aliphatic heterocycles. The number of hydrogen-bond donors (Lipinski definition) is 1. The minimum absolute atomic E-state index is 0.123. The second-order valence-electron chi connectivity index (χ2n) is 7.27. The van der Waals surface area contributed by atoms with E-state index in [1.165, 1.54) is 17.5 Å². The number of methoxy groups -OCH3 is 2. The van der Waals surface area contributed by atoms with Crippen LogP contribution in [0.4, 0.5) is 0 Å². The van der Waals surface area contributed by atoms with Gasteiger partial charge in [0.05, 0.1) is 14.2 Å². The number of benzene rings is 2. The van der Waals surface area contributed by atoms with E-state index in [0.29, 0.717) is 30.9 Å². The highest BCUT2D eigenvalue weighted by molar-refractivity contribution is 7.89. The highest BCUT2D eigenvalue weighted by Gasteiger charge is 2.28. The van der Waals surface area contributed by atoms with E-state index in [2.05, 4.69) is 5.32 Å². The van der Waals surface area contributed by atoms with Crippen molar-refractivity contribution < 1.29 is 22.7 Å². The van der Waals surface area contributed by atoms with Crippen molar-refractivity contribution in [2.24, 2.45) is 0 Å². The average Bonchev–Trinajstić information content (AvgIpc) is 2.82. The third-order valence-electron chi connectivity index (χ3n) is 5.17. The van der Waals surface area contributed by atoms with Crippen LogP contribution < -0.4 is 14.8 Å². The Labute approximate surface area is 183 Å². The normalized spacial score (nSPS) is 15.0. The van der Waals surface area contributed by atoms with E-state index >= 15 is 0 Å². The highest BCUT2D eigenvalue weighted by atomic mass is 32.2. The zero-order valence-corrected chi connectivity index (χ0v) is 18.7. The third-order valence-corrected chi connectivity index (χ3v) is 7.09. The van der Waals surface area contributed by atoms with Gasteiger partial charge in [-0.2, -0.15) is 4.31 Å². The van der Waals surface area contributed by atoms with Gasteiger partial charge >= 0.3 is 0 Å². The van der Waals surface area contributed by atoms with E-state index in [1.807, 2.05) is 24.3 Å². The van der Waals surface area contributed by atoms with Gasteiger partial charge in [-0.25, -0.2) is 8.42 Å². The number of amides is 1. The third kappa shape index (κ3) is 5.86. The van der Waals surface area contributed by atoms with Crippen LogP contribution in [-0.4, -0.2) is 45.9 Å². The molecule has 0 radical (unpaired) electrons. The van der Waals surface area contributed by atoms with Crippen molar-refractivity contribution in [2.75, 3.05) is 27.3 Å². The lowest BCUT2D eigenvalue weighted by Gasteiger charge is -2.26. The van der Waals surface area contributed by atoms with Crippen molar-refractivity contribution in [1.82, 2.24) is 9.62 Å². The molecular weight excluding hydrogens is 416 g/mol. The Morgan fingerprint density at radius 1 is 1.03 bits per heavy atom. The van der Waals surface area contributed by atoms with E-state index in [1.54, 1.807) is 31.4 Å². The van der Waals surface area contributed by atoms with Gasteiger partial charge < -0.3 is 14.8 Å². The number of ether oxygens (including phenoxy) is 2. The van der Waals surface area contributed by atoms with Gasteiger partial charge in [-0.15, -0.1) is 0 Å². The van der Waals surface area contributed by atoms with Crippen LogP contribution in [0.5, 0.6) is 11.5 Å². The average molecular weight is 445 g/mol. The zero-order chi connectivity index (χ0) is 22.3. The first kappa shape index (κ1) is 22.8. The standard InChI is InChI=1S/C23H28N2O5S/c1-29-20-10-6-19(7-11-20)17-24-23(26)13-9-18-8-12-21(30-2)22(16-18)31(27,28)25-14-4-3-5-15-25/h6-13,16H,3-5,14-15,17H2,1-2H3,(H,24,26). The molecule has 31 heavy (non-hydrogen) atoms. The lowest BCUT2D eigenvalue weighted by atomic mass is 10.2. The zero-order valence-electron chi connectivity index (χ0n) is 17.8. The summed E-state index contributed by atoms with van der Waals surface area (Å²) in [5, 5.41) is 2.81. The fraction of sp³-hybridized carbons (Fsp3) is 0.348. The predicted octanol–water partition coefficient (Wildman–Crippen LogP) is 3.21. The number of nitrogens with one attached hydrogen (secondary N) is 1. The summed E-state index contributed by atoms with van der Waals surface area (Å²) in [5.74, 6) is 0.781. The Hall–Kier alpha value is -2.84. The van der Waals surface area contributed by atoms with E-state index in [9.17, 15) is 13.2 Å². The Bertz CT molecular complexity index is 1030. The molecule has 2 aromatic rings. The van der Waals surface area contributed by atoms with Crippen molar-refractivity contribution in [3.63, 3.8) is 0 Å². The maximum Gasteiger partial charge on any atom is 0.246 e. The Morgan fingerprint density at radius 3 is 2.39 bits per heavy atom. The summed E-state index contributed by atoms with van der Waals surface area (Å²) in [5.41, 5.74) is 1.55. The molecule has 1 fully saturated rings. The topological polar surface area (TPSA) is 84.9 Å². The molecule has 1 heterocycles. The molecule has 0 aromatic heterocycles. The lowest BCUT2D eigenvalue weighted by Crippen LogP contribution is -2.35. The number of hydrogen-bond acceptors (Lipinski definition) is 5. The summed E-state index contributed by atoms with van der Waals surface area (Å²) >= 11 is 0. The second kappa shape index (κ2) is 10.5. The lowest BCUT2D eigenvalue weighted by molar-refractivity contribution is -0.116. The molecule has 8 heteroatoms. The van der Waals surface area contributed by atoms with Gasteiger partial charge in [0.1, 0.15) is 16.4 Å². The summed E-state index contributed by atoms with van der Waals surface area (Å²) in [6.45, 7) is 1.41. The van der Waals surface area contributed by atoms with Crippen molar-refractivity contribution in [1.29, 1.82) is 0 Å². The van der Waals surface area contributed by atoms with Crippen LogP contribution in [0.25, 0.3) is 6.08 Å². The Kier molecular flexibility index (Phi) is 7.70. The molecule has 0 bridgehead atoms. The Balaban J connectivity index is 1.70. The first-order valence-electron chi connectivity index (χ1n) is 10.2. The fourth-order valence-corrected chi connectivity index (χ4v) is 5.11. The largest absolute Gasteiger partial charge is 0.497 e. The van der Waals surface area contributed by atoms with Crippen LogP contribution in [0.15, 0.2) is 53.4 Å². The molecule has 166 valence electrons. The molecule has 1 N–H and O–H groups in total. The number of piperidine rings is 1. The minimum atomic E-state index is -3.65. The van der Waals surface area contributed by atoms with Gasteiger partial charge in [0.2, 0.25) is 15.9 Å². The minimum Gasteiger partial charge on any atom is -0.497 e. The monoisotopic (exact) mass is 444 g/mol. The van der Waals surface area contributed by atoms with Crippen LogP contribution in [0, 0.1) is 0 Å². The van der Waals surface area contributed by atoms with Crippen LogP contribution in [0.2, 0.25) is 0 Å². The SMILES string of the molecule is COc1ccc(CNC(=O)C=Cc2ccc(OC)c(S(=O)(=O)N3CCCCC3)c2)cc1. The quantitative estimate of drug-likeness (QED) is 0.632. The first-order valence-corrected chi connectivity index (χ1v) is 11.6. The van der Waals surface area contributed by atoms with Gasteiger partial charge in [-0.05, 0) is 54.3 Å². The van der Waals surface area contributed by atoms with Crippen LogP contribution in [-0.2, 0) is 21.4 Å². The molecule has 7 nitrogen and oxygen atoms in total. The van der Waals surface area contributed by atoms with Crippen LogP contribution in [0.3, 0.4) is 0 Å². The number of carbonyl (C=O) groups is 1. The molecule has 1 saturated heterocycles. The van der Waals surface area contributed by atoms with Gasteiger partial charge in [0.15, 0.2) is 0 Å². The highest BCUT2D eigenvalue weighted by Crippen LogP contribution is 2.30. The summed E-state index contributed by atoms with van der Waals surface area (Å²) in [7, 11) is -0.602. The molecule has 2 aromatic carbocycles. The first-order chi connectivity index (χ1) is 14.9. The van der Waals surface area contributed by atoms with Crippen LogP contribution >= 0.6 is 0 Å². The summed E-state index contributed by atoms with van der Waals surface area (Å²) < 4.78 is 38.1. The van der Waals surface area contributed by atoms with Crippen molar-refractivity contribution >= 4 is 22.0 Å². The second-order valence-corrected chi connectivity index (χ2v) is 9.18. The van der Waals surface area contributed by atoms with Gasteiger partial charge in [0, 0.05) is 25.7 Å². The maximum absolute atomic E-state index is 13.1. The van der Waals surface area contributed by atoms with Crippen molar-refractivity contribution in [2.45, 2.75) is 30.7 Å². The number of nitrogens with zero attached hydrogens (tertiary/aromatic N) is 1. The molecule has 1 amide bonds. The molecule has 1 aliphatic rings. The summed E-state index contributed by atoms with van der Waals surface area (Å²) in [6.07, 6.45) is 5.74. The maximum atomic E-state index is 13.1. The van der Waals surface area contributed by atoms with Crippen molar-refractivity contribution in [3.8, 4) is 11.5 Å². The number of carbonyl (C=O) groups excluding carboxylic acids is 1. The van der Waals surface area contributed by atoms with Crippen LogP contribution in [0.1, 0.15) is 30.4 Å². The van der Waals surface area contributed by atoms with Gasteiger partial charge in [-0.1, -0.05) is 24.6 Å². The molecule has 0 unspecified atom stereocenters. The fourth-order valence-electron chi connectivity index (χ4n) is 3.41. The van der Waals surface area contributed by atoms with E-state index in [4.69, 9.17) is 9.47 Å². The molecular formula is C23H28N2O5S. The molecule has 3 rings (SSSR count). The Morgan fingerprint density at radius 2 is 1.74 bits per heavy atom. The molecule has 0 atom stereocenters. The van der Waals surface area contributed by atoms with Gasteiger partial charge in [-0.3, -0.25) is 4.79 Å². The number of rotatable bonds is 8. The summed E-state index contributed by atoms with van der Waals surface area (Å²) in [6, 6.07) is 12.3. The molecule has 0 spiro atoms. The number of sulfonamides is 1. The van der Waals surface area contributed by atoms with Gasteiger partial charge in [0.25, 0.3) is 0 Å². The van der Waals surface area contributed by atoms with E-state index in [0.717, 1.165) is 30.6 Å². The molecule has 0 aliphatic carbocycles. The summed E-state index contributed by atoms with van der Waals surface area (Å²) in [4.78, 5) is 12.3.